The average Bonchev–Trinajstić information content (AvgIpc) is 1.93. The van der Waals surface area contributed by atoms with E-state index in [1.54, 1.807) is 10.3 Å². The van der Waals surface area contributed by atoms with Gasteiger partial charge >= 0.3 is 6.09 Å². The van der Waals surface area contributed by atoms with Crippen molar-refractivity contribution in [1.29, 1.82) is 0 Å². The summed E-state index contributed by atoms with van der Waals surface area (Å²) in [7, 11) is -0.809. The molecule has 0 saturated carbocycles. The molecule has 1 spiro atoms. The van der Waals surface area contributed by atoms with Crippen LogP contribution >= 0.6 is 0 Å². The minimum atomic E-state index is -2.16. The van der Waals surface area contributed by atoms with E-state index in [-0.39, 0.29) is 11.5 Å². The lowest BCUT2D eigenvalue weighted by Crippen LogP contribution is -2.68. The molecule has 2 aliphatic rings. The second-order valence-corrected chi connectivity index (χ2v) is 5.81. The minimum Gasteiger partial charge on any atom is -0.453 e. The summed E-state index contributed by atoms with van der Waals surface area (Å²) in [5.74, 6) is 0.507. The van der Waals surface area contributed by atoms with Gasteiger partial charge in [0.15, 0.2) is 0 Å². The highest BCUT2D eigenvalue weighted by Crippen LogP contribution is 2.36. The zero-order chi connectivity index (χ0) is 9.69. The van der Waals surface area contributed by atoms with Crippen LogP contribution in [0, 0.1) is 5.41 Å². The van der Waals surface area contributed by atoms with E-state index in [2.05, 4.69) is 4.74 Å². The molecule has 0 aromatic heterocycles. The Hall–Kier alpha value is -0.750. The second-order valence-electron chi connectivity index (χ2n) is 3.73. The van der Waals surface area contributed by atoms with Gasteiger partial charge in [0.1, 0.15) is 0 Å². The molecule has 0 radical (unpaired) electrons. The first kappa shape index (κ1) is 8.83. The third-order valence-corrected chi connectivity index (χ3v) is 4.33. The van der Waals surface area contributed by atoms with Crippen LogP contribution in [0.25, 0.3) is 0 Å². The fraction of sp³-hybridized carbons (Fsp3) is 0.714. The Morgan fingerprint density at radius 3 is 2.62 bits per heavy atom. The van der Waals surface area contributed by atoms with Gasteiger partial charge < -0.3 is 9.64 Å². The van der Waals surface area contributed by atoms with E-state index in [0.717, 1.165) is 0 Å². The van der Waals surface area contributed by atoms with E-state index in [1.807, 2.05) is 0 Å². The van der Waals surface area contributed by atoms with Crippen molar-refractivity contribution in [3.63, 3.8) is 0 Å². The predicted molar refractivity (Wildman–Crippen MR) is 49.7 cm³/mol. The number of ether oxygens (including phenoxy) is 1. The predicted octanol–water partition coefficient (Wildman–Crippen LogP) is -0.971. The number of methoxy groups -OCH3 is 1. The lowest BCUT2D eigenvalue weighted by atomic mass is 9.84. The van der Waals surface area contributed by atoms with Gasteiger partial charge in [0, 0.05) is 34.0 Å². The van der Waals surface area contributed by atoms with Gasteiger partial charge in [-0.05, 0) is 5.37 Å². The van der Waals surface area contributed by atoms with Crippen LogP contribution in [0.2, 0.25) is 0 Å². The van der Waals surface area contributed by atoms with E-state index in [9.17, 15) is 9.00 Å². The highest BCUT2D eigenvalue weighted by atomic mass is 32.2. The van der Waals surface area contributed by atoms with Gasteiger partial charge in [0.05, 0.1) is 7.11 Å². The van der Waals surface area contributed by atoms with Gasteiger partial charge in [0.2, 0.25) is 0 Å². The molecule has 2 aliphatic heterocycles. The maximum absolute atomic E-state index is 11.2. The zero-order valence-corrected chi connectivity index (χ0v) is 8.17. The summed E-state index contributed by atoms with van der Waals surface area (Å²) in [6.45, 7) is 1.18. The van der Waals surface area contributed by atoms with Gasteiger partial charge in [-0.25, -0.2) is 4.79 Å². The fourth-order valence-corrected chi connectivity index (χ4v) is 4.02. The molecule has 2 N–H and O–H groups in total. The molecule has 6 heteroatoms. The maximum Gasteiger partial charge on any atom is 0.409 e. The molecule has 5 nitrogen and oxygen atoms in total. The van der Waals surface area contributed by atoms with Crippen molar-refractivity contribution in [3.8, 4) is 0 Å². The van der Waals surface area contributed by atoms with Crippen molar-refractivity contribution in [2.24, 2.45) is 10.6 Å². The Balaban J connectivity index is 1.98. The highest BCUT2D eigenvalue weighted by molar-refractivity contribution is 8.01. The molecular weight excluding hydrogens is 192 g/mol. The molecule has 2 rings (SSSR count). The Kier molecular flexibility index (Phi) is 1.62. The number of carbonyl (C=O) groups is 1. The monoisotopic (exact) mass is 204 g/mol. The van der Waals surface area contributed by atoms with Crippen molar-refractivity contribution in [2.45, 2.75) is 0 Å². The second kappa shape index (κ2) is 2.39. The average molecular weight is 204 g/mol. The number of nitrogens with two attached hydrogens (primary N) is 1. The molecule has 74 valence electrons. The minimum absolute atomic E-state index is 0.0694. The summed E-state index contributed by atoms with van der Waals surface area (Å²) in [5, 5.41) is 7.08. The molecule has 0 aromatic carbocycles. The van der Waals surface area contributed by atoms with Gasteiger partial charge in [-0.3, -0.25) is 9.35 Å². The number of nitrogens with zero attached hydrogens (tertiary/aromatic N) is 1. The van der Waals surface area contributed by atoms with Crippen molar-refractivity contribution < 1.29 is 13.7 Å². The van der Waals surface area contributed by atoms with Gasteiger partial charge in [0.25, 0.3) is 0 Å². The van der Waals surface area contributed by atoms with Crippen LogP contribution < -0.4 is 5.14 Å². The van der Waals surface area contributed by atoms with Crippen molar-refractivity contribution >= 4 is 21.2 Å². The summed E-state index contributed by atoms with van der Waals surface area (Å²) in [6, 6.07) is 0. The molecule has 2 heterocycles. The molecule has 1 unspecified atom stereocenters. The Morgan fingerprint density at radius 2 is 2.23 bits per heavy atom. The summed E-state index contributed by atoms with van der Waals surface area (Å²) in [6.07, 6.45) is -0.325. The van der Waals surface area contributed by atoms with Crippen LogP contribution in [-0.4, -0.2) is 46.5 Å². The van der Waals surface area contributed by atoms with Crippen LogP contribution in [-0.2, 0) is 14.4 Å². The van der Waals surface area contributed by atoms with Gasteiger partial charge in [-0.2, -0.15) is 0 Å². The lowest BCUT2D eigenvalue weighted by Gasteiger charge is -2.52. The standard InChI is InChI=1S/C7H12N2O3S/c1-12-6(10)9-2-7(3-9)4-13(8,11)5-7/h4H,2-3,5H2,1H3,(H2,8,11). The zero-order valence-electron chi connectivity index (χ0n) is 7.36. The number of carbonyl (C=O) groups excluding carboxylic acids is 1. The first-order valence-corrected chi connectivity index (χ1v) is 5.80. The van der Waals surface area contributed by atoms with E-state index in [1.165, 1.54) is 7.11 Å². The highest BCUT2D eigenvalue weighted by Gasteiger charge is 2.51. The third-order valence-electron chi connectivity index (χ3n) is 2.41. The van der Waals surface area contributed by atoms with Crippen LogP contribution in [0.5, 0.6) is 0 Å². The largest absolute Gasteiger partial charge is 0.453 e. The normalized spacial score (nSPS) is 34.5. The molecule has 13 heavy (non-hydrogen) atoms. The Bertz CT molecular complexity index is 364. The van der Waals surface area contributed by atoms with Crippen LogP contribution in [0.1, 0.15) is 0 Å². The summed E-state index contributed by atoms with van der Waals surface area (Å²) < 4.78 is 15.7. The van der Waals surface area contributed by atoms with Crippen molar-refractivity contribution in [3.05, 3.63) is 0 Å². The number of likely N-dealkylation sites (tertiary alicyclic amines) is 1. The molecule has 1 fully saturated rings. The topological polar surface area (TPSA) is 72.6 Å². The Labute approximate surface area is 77.0 Å². The van der Waals surface area contributed by atoms with E-state index < -0.39 is 9.71 Å². The van der Waals surface area contributed by atoms with Crippen molar-refractivity contribution in [2.75, 3.05) is 26.0 Å². The first-order valence-electron chi connectivity index (χ1n) is 3.95. The molecule has 1 saturated heterocycles. The quantitative estimate of drug-likeness (QED) is 0.516. The summed E-state index contributed by atoms with van der Waals surface area (Å²) >= 11 is 0. The number of amides is 1. The van der Waals surface area contributed by atoms with Gasteiger partial charge in [-0.15, -0.1) is 0 Å². The number of hydrogen-bond acceptors (Lipinski definition) is 3. The summed E-state index contributed by atoms with van der Waals surface area (Å²) in [5.41, 5.74) is -0.0694. The third kappa shape index (κ3) is 1.30. The van der Waals surface area contributed by atoms with Crippen LogP contribution in [0.3, 0.4) is 0 Å². The first-order chi connectivity index (χ1) is 5.96. The molecule has 1 amide bonds. The molecular formula is C7H12N2O3S. The van der Waals surface area contributed by atoms with Crippen molar-refractivity contribution in [1.82, 2.24) is 4.90 Å². The van der Waals surface area contributed by atoms with E-state index >= 15 is 0 Å². The van der Waals surface area contributed by atoms with Crippen LogP contribution in [0.4, 0.5) is 4.79 Å². The maximum atomic E-state index is 11.2. The molecule has 0 aliphatic carbocycles. The number of rotatable bonds is 0. The Morgan fingerprint density at radius 1 is 1.69 bits per heavy atom. The molecule has 1 atom stereocenters. The fourth-order valence-electron chi connectivity index (χ4n) is 1.99. The molecule has 0 aromatic rings. The van der Waals surface area contributed by atoms with E-state index in [4.69, 9.17) is 5.14 Å². The molecule has 0 bridgehead atoms. The smallest absolute Gasteiger partial charge is 0.409 e. The van der Waals surface area contributed by atoms with Gasteiger partial charge in [-0.1, -0.05) is 0 Å². The van der Waals surface area contributed by atoms with Crippen LogP contribution in [0.15, 0.2) is 0 Å². The van der Waals surface area contributed by atoms with E-state index in [0.29, 0.717) is 18.8 Å². The number of hydrogen-bond donors (Lipinski definition) is 1. The SMILES string of the molecule is COC(=O)N1CC2(C=S(N)(=O)C2)C1. The summed E-state index contributed by atoms with van der Waals surface area (Å²) in [4.78, 5) is 12.5. The lowest BCUT2D eigenvalue weighted by molar-refractivity contribution is 0.0532.